The summed E-state index contributed by atoms with van der Waals surface area (Å²) in [7, 11) is -3.87. The third-order valence-corrected chi connectivity index (χ3v) is 5.46. The van der Waals surface area contributed by atoms with Gasteiger partial charge in [0.05, 0.1) is 10.9 Å². The van der Waals surface area contributed by atoms with E-state index in [4.69, 9.17) is 0 Å². The molecule has 0 aliphatic carbocycles. The molecule has 0 aliphatic heterocycles. The number of Topliss-reactive ketones (excluding diaryl/α,β-unsaturated/α-hetero) is 1. The first-order chi connectivity index (χ1) is 12.2. The lowest BCUT2D eigenvalue weighted by Crippen LogP contribution is -2.41. The first kappa shape index (κ1) is 19.8. The number of anilines is 1. The molecule has 0 heterocycles. The van der Waals surface area contributed by atoms with Crippen LogP contribution in [-0.2, 0) is 21.2 Å². The molecule has 6 nitrogen and oxygen atoms in total. The highest BCUT2D eigenvalue weighted by Gasteiger charge is 2.22. The smallest absolute Gasteiger partial charge is 0.242 e. The molecular formula is C19H22N2O4S. The largest absolute Gasteiger partial charge is 0.325 e. The Morgan fingerprint density at radius 3 is 2.31 bits per heavy atom. The van der Waals surface area contributed by atoms with Gasteiger partial charge in [0.1, 0.15) is 0 Å². The van der Waals surface area contributed by atoms with Crippen molar-refractivity contribution in [2.24, 2.45) is 0 Å². The molecule has 2 N–H and O–H groups in total. The van der Waals surface area contributed by atoms with Gasteiger partial charge in [0, 0.05) is 11.3 Å². The molecule has 7 heteroatoms. The number of amides is 1. The Hall–Kier alpha value is -2.51. The molecule has 2 aromatic rings. The third kappa shape index (κ3) is 5.00. The summed E-state index contributed by atoms with van der Waals surface area (Å²) in [4.78, 5) is 23.6. The van der Waals surface area contributed by atoms with E-state index in [1.165, 1.54) is 38.1 Å². The standard InChI is InChI=1S/C19H22N2O4S/c1-4-15-6-5-7-17(12-15)20-19(23)13(2)21-26(24,25)18-10-8-16(9-11-18)14(3)22/h5-13,21H,4H2,1-3H3,(H,20,23)/t13-/m1/s1. The van der Waals surface area contributed by atoms with Crippen molar-refractivity contribution in [3.05, 3.63) is 59.7 Å². The average Bonchev–Trinajstić information content (AvgIpc) is 2.61. The van der Waals surface area contributed by atoms with Crippen LogP contribution in [0.25, 0.3) is 0 Å². The number of benzene rings is 2. The summed E-state index contributed by atoms with van der Waals surface area (Å²) in [6.07, 6.45) is 0.835. The summed E-state index contributed by atoms with van der Waals surface area (Å²) in [6.45, 7) is 4.89. The number of rotatable bonds is 7. The van der Waals surface area contributed by atoms with Crippen molar-refractivity contribution >= 4 is 27.4 Å². The van der Waals surface area contributed by atoms with Gasteiger partial charge < -0.3 is 5.32 Å². The fraction of sp³-hybridized carbons (Fsp3) is 0.263. The van der Waals surface area contributed by atoms with Gasteiger partial charge in [-0.3, -0.25) is 9.59 Å². The van der Waals surface area contributed by atoms with E-state index in [-0.39, 0.29) is 10.7 Å². The molecule has 138 valence electrons. The molecular weight excluding hydrogens is 352 g/mol. The predicted octanol–water partition coefficient (Wildman–Crippen LogP) is 2.76. The number of hydrogen-bond acceptors (Lipinski definition) is 4. The number of hydrogen-bond donors (Lipinski definition) is 2. The lowest BCUT2D eigenvalue weighted by atomic mass is 10.1. The van der Waals surface area contributed by atoms with Crippen molar-refractivity contribution < 1.29 is 18.0 Å². The van der Waals surface area contributed by atoms with Gasteiger partial charge in [-0.2, -0.15) is 4.72 Å². The van der Waals surface area contributed by atoms with E-state index >= 15 is 0 Å². The highest BCUT2D eigenvalue weighted by atomic mass is 32.2. The minimum Gasteiger partial charge on any atom is -0.325 e. The van der Waals surface area contributed by atoms with Gasteiger partial charge in [0.25, 0.3) is 0 Å². The van der Waals surface area contributed by atoms with Gasteiger partial charge in [-0.25, -0.2) is 8.42 Å². The lowest BCUT2D eigenvalue weighted by molar-refractivity contribution is -0.117. The first-order valence-corrected chi connectivity index (χ1v) is 9.74. The molecule has 0 saturated carbocycles. The maximum absolute atomic E-state index is 12.4. The number of carbonyl (C=O) groups excluding carboxylic acids is 2. The molecule has 26 heavy (non-hydrogen) atoms. The van der Waals surface area contributed by atoms with Crippen molar-refractivity contribution in [1.29, 1.82) is 0 Å². The number of carbonyl (C=O) groups is 2. The van der Waals surface area contributed by atoms with Gasteiger partial charge in [-0.1, -0.05) is 31.2 Å². The van der Waals surface area contributed by atoms with Crippen molar-refractivity contribution in [1.82, 2.24) is 4.72 Å². The first-order valence-electron chi connectivity index (χ1n) is 8.26. The summed E-state index contributed by atoms with van der Waals surface area (Å²) in [5.41, 5.74) is 2.11. The van der Waals surface area contributed by atoms with Crippen LogP contribution in [-0.4, -0.2) is 26.2 Å². The predicted molar refractivity (Wildman–Crippen MR) is 101 cm³/mol. The van der Waals surface area contributed by atoms with Crippen molar-refractivity contribution in [3.63, 3.8) is 0 Å². The fourth-order valence-electron chi connectivity index (χ4n) is 2.34. The second kappa shape index (κ2) is 8.25. The van der Waals surface area contributed by atoms with E-state index in [9.17, 15) is 18.0 Å². The Morgan fingerprint density at radius 1 is 1.08 bits per heavy atom. The molecule has 0 spiro atoms. The van der Waals surface area contributed by atoms with Gasteiger partial charge in [0.2, 0.25) is 15.9 Å². The van der Waals surface area contributed by atoms with Gasteiger partial charge >= 0.3 is 0 Å². The molecule has 0 fully saturated rings. The van der Waals surface area contributed by atoms with Crippen LogP contribution >= 0.6 is 0 Å². The van der Waals surface area contributed by atoms with Crippen LogP contribution in [0.1, 0.15) is 36.7 Å². The van der Waals surface area contributed by atoms with Crippen molar-refractivity contribution in [2.45, 2.75) is 38.1 Å². The zero-order valence-corrected chi connectivity index (χ0v) is 15.8. The topological polar surface area (TPSA) is 92.3 Å². The van der Waals surface area contributed by atoms with Crippen LogP contribution < -0.4 is 10.0 Å². The summed E-state index contributed by atoms with van der Waals surface area (Å²) in [6, 6.07) is 12.0. The van der Waals surface area contributed by atoms with Crippen molar-refractivity contribution in [2.75, 3.05) is 5.32 Å². The summed E-state index contributed by atoms with van der Waals surface area (Å²) < 4.78 is 27.2. The molecule has 2 rings (SSSR count). The van der Waals surface area contributed by atoms with E-state index in [1.807, 2.05) is 25.1 Å². The van der Waals surface area contributed by atoms with Crippen molar-refractivity contribution in [3.8, 4) is 0 Å². The van der Waals surface area contributed by atoms with Crippen LogP contribution in [0.3, 0.4) is 0 Å². The Bertz CT molecular complexity index is 905. The number of nitrogens with one attached hydrogen (secondary N) is 2. The average molecular weight is 374 g/mol. The molecule has 1 amide bonds. The zero-order chi connectivity index (χ0) is 19.3. The molecule has 0 radical (unpaired) electrons. The highest BCUT2D eigenvalue weighted by Crippen LogP contribution is 2.14. The maximum Gasteiger partial charge on any atom is 0.242 e. The number of aryl methyl sites for hydroxylation is 1. The van der Waals surface area contributed by atoms with Crippen LogP contribution in [0.5, 0.6) is 0 Å². The Kier molecular flexibility index (Phi) is 6.28. The van der Waals surface area contributed by atoms with E-state index in [0.29, 0.717) is 11.3 Å². The number of sulfonamides is 1. The van der Waals surface area contributed by atoms with E-state index in [1.54, 1.807) is 6.07 Å². The monoisotopic (exact) mass is 374 g/mol. The minimum absolute atomic E-state index is 0.00451. The number of ketones is 1. The molecule has 0 unspecified atom stereocenters. The normalized spacial score (nSPS) is 12.4. The molecule has 0 bridgehead atoms. The third-order valence-electron chi connectivity index (χ3n) is 3.90. The maximum atomic E-state index is 12.4. The van der Waals surface area contributed by atoms with Gasteiger partial charge in [0.15, 0.2) is 5.78 Å². The molecule has 0 aliphatic rings. The van der Waals surface area contributed by atoms with Crippen LogP contribution in [0.2, 0.25) is 0 Å². The summed E-state index contributed by atoms with van der Waals surface area (Å²) >= 11 is 0. The van der Waals surface area contributed by atoms with Crippen LogP contribution in [0.4, 0.5) is 5.69 Å². The van der Waals surface area contributed by atoms with Gasteiger partial charge in [-0.15, -0.1) is 0 Å². The minimum atomic E-state index is -3.87. The molecule has 1 atom stereocenters. The fourth-order valence-corrected chi connectivity index (χ4v) is 3.55. The zero-order valence-electron chi connectivity index (χ0n) is 14.9. The molecule has 0 aromatic heterocycles. The second-order valence-corrected chi connectivity index (χ2v) is 7.68. The second-order valence-electron chi connectivity index (χ2n) is 5.97. The molecule has 2 aromatic carbocycles. The quantitative estimate of drug-likeness (QED) is 0.729. The Labute approximate surface area is 153 Å². The van der Waals surface area contributed by atoms with E-state index in [0.717, 1.165) is 12.0 Å². The SMILES string of the molecule is CCc1cccc(NC(=O)[C@@H](C)NS(=O)(=O)c2ccc(C(C)=O)cc2)c1. The lowest BCUT2D eigenvalue weighted by Gasteiger charge is -2.15. The molecule has 0 saturated heterocycles. The Balaban J connectivity index is 2.07. The summed E-state index contributed by atoms with van der Waals surface area (Å²) in [5.74, 6) is -0.605. The van der Waals surface area contributed by atoms with Crippen LogP contribution in [0, 0.1) is 0 Å². The Morgan fingerprint density at radius 2 is 1.73 bits per heavy atom. The summed E-state index contributed by atoms with van der Waals surface area (Å²) in [5, 5.41) is 2.70. The van der Waals surface area contributed by atoms with Gasteiger partial charge in [-0.05, 0) is 50.1 Å². The van der Waals surface area contributed by atoms with E-state index in [2.05, 4.69) is 10.0 Å². The van der Waals surface area contributed by atoms with E-state index < -0.39 is 22.0 Å². The highest BCUT2D eigenvalue weighted by molar-refractivity contribution is 7.89. The van der Waals surface area contributed by atoms with Crippen LogP contribution in [0.15, 0.2) is 53.4 Å².